The summed E-state index contributed by atoms with van der Waals surface area (Å²) in [6, 6.07) is 7.68. The first-order valence-corrected chi connectivity index (χ1v) is 7.92. The van der Waals surface area contributed by atoms with Gasteiger partial charge in [0.2, 0.25) is 0 Å². The van der Waals surface area contributed by atoms with Crippen molar-refractivity contribution in [1.82, 2.24) is 9.80 Å². The first-order chi connectivity index (χ1) is 9.63. The Morgan fingerprint density at radius 2 is 1.80 bits per heavy atom. The first kappa shape index (κ1) is 14.1. The van der Waals surface area contributed by atoms with E-state index >= 15 is 0 Å². The van der Waals surface area contributed by atoms with Crippen LogP contribution in [0.1, 0.15) is 35.6 Å². The van der Waals surface area contributed by atoms with E-state index in [2.05, 4.69) is 41.8 Å². The maximum Gasteiger partial charge on any atom is 0.0424 e. The predicted octanol–water partition coefficient (Wildman–Crippen LogP) is 2.08. The SMILES string of the molecule is Cc1ccc(C(N)CN2CCN(C3CC3)CC2)cc1C. The van der Waals surface area contributed by atoms with Crippen molar-refractivity contribution in [2.45, 2.75) is 38.8 Å². The van der Waals surface area contributed by atoms with Crippen molar-refractivity contribution in [3.8, 4) is 0 Å². The molecular weight excluding hydrogens is 246 g/mol. The third-order valence-electron chi connectivity index (χ3n) is 4.88. The fraction of sp³-hybridized carbons (Fsp3) is 0.647. The summed E-state index contributed by atoms with van der Waals surface area (Å²) in [6.45, 7) is 10.1. The quantitative estimate of drug-likeness (QED) is 0.911. The maximum atomic E-state index is 6.40. The fourth-order valence-electron chi connectivity index (χ4n) is 3.13. The van der Waals surface area contributed by atoms with Crippen LogP contribution in [0.5, 0.6) is 0 Å². The van der Waals surface area contributed by atoms with Crippen LogP contribution in [0, 0.1) is 13.8 Å². The minimum Gasteiger partial charge on any atom is -0.323 e. The number of nitrogens with zero attached hydrogens (tertiary/aromatic N) is 2. The summed E-state index contributed by atoms with van der Waals surface area (Å²) in [5.41, 5.74) is 10.4. The van der Waals surface area contributed by atoms with Crippen molar-refractivity contribution in [2.75, 3.05) is 32.7 Å². The molecule has 0 radical (unpaired) electrons. The second kappa shape index (κ2) is 5.84. The topological polar surface area (TPSA) is 32.5 Å². The zero-order valence-corrected chi connectivity index (χ0v) is 12.8. The molecule has 2 aliphatic rings. The van der Waals surface area contributed by atoms with Gasteiger partial charge >= 0.3 is 0 Å². The van der Waals surface area contributed by atoms with Gasteiger partial charge in [0.05, 0.1) is 0 Å². The Hall–Kier alpha value is -0.900. The Morgan fingerprint density at radius 1 is 1.10 bits per heavy atom. The van der Waals surface area contributed by atoms with Crippen molar-refractivity contribution in [2.24, 2.45) is 5.73 Å². The van der Waals surface area contributed by atoms with Gasteiger partial charge in [0.25, 0.3) is 0 Å². The van der Waals surface area contributed by atoms with E-state index in [0.717, 1.165) is 12.6 Å². The van der Waals surface area contributed by atoms with Crippen LogP contribution in [-0.4, -0.2) is 48.6 Å². The molecule has 0 spiro atoms. The Labute approximate surface area is 122 Å². The molecule has 2 N–H and O–H groups in total. The molecular formula is C17H27N3. The summed E-state index contributed by atoms with van der Waals surface area (Å²) in [6.07, 6.45) is 2.84. The highest BCUT2D eigenvalue weighted by Crippen LogP contribution is 2.27. The monoisotopic (exact) mass is 273 g/mol. The van der Waals surface area contributed by atoms with Crippen molar-refractivity contribution in [3.63, 3.8) is 0 Å². The Kier molecular flexibility index (Phi) is 4.11. The van der Waals surface area contributed by atoms with E-state index in [1.807, 2.05) is 0 Å². The lowest BCUT2D eigenvalue weighted by molar-refractivity contribution is 0.121. The highest BCUT2D eigenvalue weighted by molar-refractivity contribution is 5.31. The summed E-state index contributed by atoms with van der Waals surface area (Å²) >= 11 is 0. The van der Waals surface area contributed by atoms with Crippen LogP contribution in [0.4, 0.5) is 0 Å². The molecule has 1 unspecified atom stereocenters. The zero-order valence-electron chi connectivity index (χ0n) is 12.8. The highest BCUT2D eigenvalue weighted by Gasteiger charge is 2.31. The fourth-order valence-corrected chi connectivity index (χ4v) is 3.13. The van der Waals surface area contributed by atoms with E-state index in [0.29, 0.717) is 0 Å². The molecule has 110 valence electrons. The lowest BCUT2D eigenvalue weighted by atomic mass is 10.0. The van der Waals surface area contributed by atoms with E-state index in [1.54, 1.807) is 0 Å². The van der Waals surface area contributed by atoms with Gasteiger partial charge in [0.15, 0.2) is 0 Å². The molecule has 2 fully saturated rings. The molecule has 0 bridgehead atoms. The summed E-state index contributed by atoms with van der Waals surface area (Å²) < 4.78 is 0. The lowest BCUT2D eigenvalue weighted by Crippen LogP contribution is -2.48. The maximum absolute atomic E-state index is 6.40. The Morgan fingerprint density at radius 3 is 2.40 bits per heavy atom. The van der Waals surface area contributed by atoms with Crippen molar-refractivity contribution in [1.29, 1.82) is 0 Å². The van der Waals surface area contributed by atoms with Crippen LogP contribution in [0.2, 0.25) is 0 Å². The van der Waals surface area contributed by atoms with Gasteiger partial charge in [0, 0.05) is 44.8 Å². The van der Waals surface area contributed by atoms with Gasteiger partial charge in [-0.05, 0) is 43.4 Å². The molecule has 1 saturated heterocycles. The second-order valence-electron chi connectivity index (χ2n) is 6.52. The summed E-state index contributed by atoms with van der Waals surface area (Å²) in [5, 5.41) is 0. The molecule has 1 heterocycles. The molecule has 0 amide bonds. The third kappa shape index (κ3) is 3.22. The molecule has 3 heteroatoms. The minimum atomic E-state index is 0.141. The molecule has 1 aliphatic heterocycles. The Bertz CT molecular complexity index is 459. The molecule has 20 heavy (non-hydrogen) atoms. The van der Waals surface area contributed by atoms with E-state index in [1.165, 1.54) is 55.7 Å². The number of benzene rings is 1. The molecule has 3 rings (SSSR count). The van der Waals surface area contributed by atoms with Crippen molar-refractivity contribution >= 4 is 0 Å². The molecule has 1 aromatic carbocycles. The van der Waals surface area contributed by atoms with Gasteiger partial charge in [-0.15, -0.1) is 0 Å². The van der Waals surface area contributed by atoms with E-state index in [9.17, 15) is 0 Å². The Balaban J connectivity index is 1.53. The number of nitrogens with two attached hydrogens (primary N) is 1. The lowest BCUT2D eigenvalue weighted by Gasteiger charge is -2.36. The number of aryl methyl sites for hydroxylation is 2. The van der Waals surface area contributed by atoms with Gasteiger partial charge in [0.1, 0.15) is 0 Å². The average molecular weight is 273 g/mol. The first-order valence-electron chi connectivity index (χ1n) is 7.92. The number of hydrogen-bond acceptors (Lipinski definition) is 3. The largest absolute Gasteiger partial charge is 0.323 e. The van der Waals surface area contributed by atoms with Crippen LogP contribution >= 0.6 is 0 Å². The van der Waals surface area contributed by atoms with Gasteiger partial charge in [-0.1, -0.05) is 18.2 Å². The smallest absolute Gasteiger partial charge is 0.0424 e. The predicted molar refractivity (Wildman–Crippen MR) is 83.9 cm³/mol. The summed E-state index contributed by atoms with van der Waals surface area (Å²) in [7, 11) is 0. The molecule has 3 nitrogen and oxygen atoms in total. The number of piperazine rings is 1. The zero-order chi connectivity index (χ0) is 14.1. The average Bonchev–Trinajstić information content (AvgIpc) is 3.27. The van der Waals surface area contributed by atoms with Crippen LogP contribution in [0.3, 0.4) is 0 Å². The molecule has 1 saturated carbocycles. The minimum absolute atomic E-state index is 0.141. The van der Waals surface area contributed by atoms with Gasteiger partial charge < -0.3 is 5.73 Å². The summed E-state index contributed by atoms with van der Waals surface area (Å²) in [5.74, 6) is 0. The number of hydrogen-bond donors (Lipinski definition) is 1. The van der Waals surface area contributed by atoms with Gasteiger partial charge in [-0.25, -0.2) is 0 Å². The molecule has 1 aromatic rings. The van der Waals surface area contributed by atoms with Crippen LogP contribution in [-0.2, 0) is 0 Å². The summed E-state index contributed by atoms with van der Waals surface area (Å²) in [4.78, 5) is 5.18. The van der Waals surface area contributed by atoms with E-state index in [-0.39, 0.29) is 6.04 Å². The third-order valence-corrected chi connectivity index (χ3v) is 4.88. The highest BCUT2D eigenvalue weighted by atomic mass is 15.3. The second-order valence-corrected chi connectivity index (χ2v) is 6.52. The van der Waals surface area contributed by atoms with E-state index in [4.69, 9.17) is 5.73 Å². The molecule has 1 aliphatic carbocycles. The van der Waals surface area contributed by atoms with E-state index < -0.39 is 0 Å². The van der Waals surface area contributed by atoms with Gasteiger partial charge in [-0.2, -0.15) is 0 Å². The number of rotatable bonds is 4. The van der Waals surface area contributed by atoms with Gasteiger partial charge in [-0.3, -0.25) is 9.80 Å². The molecule has 0 aromatic heterocycles. The van der Waals surface area contributed by atoms with Crippen LogP contribution in [0.25, 0.3) is 0 Å². The van der Waals surface area contributed by atoms with Crippen molar-refractivity contribution in [3.05, 3.63) is 34.9 Å². The standard InChI is InChI=1S/C17H27N3/c1-13-3-4-15(11-14(13)2)17(18)12-19-7-9-20(10-8-19)16-5-6-16/h3-4,11,16-17H,5-10,12,18H2,1-2H3. The van der Waals surface area contributed by atoms with Crippen LogP contribution < -0.4 is 5.73 Å². The molecule has 1 atom stereocenters. The van der Waals surface area contributed by atoms with Crippen LogP contribution in [0.15, 0.2) is 18.2 Å². The van der Waals surface area contributed by atoms with Crippen molar-refractivity contribution < 1.29 is 0 Å². The normalized spacial score (nSPS) is 22.9.